The normalized spacial score (nSPS) is 10.9. The van der Waals surface area contributed by atoms with Crippen LogP contribution in [0.4, 0.5) is 0 Å². The maximum atomic E-state index is 12.5. The van der Waals surface area contributed by atoms with Crippen molar-refractivity contribution in [2.24, 2.45) is 0 Å². The van der Waals surface area contributed by atoms with E-state index in [0.29, 0.717) is 38.9 Å². The molecule has 0 atom stereocenters. The fourth-order valence-corrected chi connectivity index (χ4v) is 3.86. The molecule has 0 bridgehead atoms. The predicted octanol–water partition coefficient (Wildman–Crippen LogP) is 5.60. The quantitative estimate of drug-likeness (QED) is 0.374. The van der Waals surface area contributed by atoms with Gasteiger partial charge < -0.3 is 14.0 Å². The van der Waals surface area contributed by atoms with Gasteiger partial charge >= 0.3 is 11.9 Å². The molecule has 0 saturated heterocycles. The molecule has 29 heavy (non-hydrogen) atoms. The Labute approximate surface area is 179 Å². The van der Waals surface area contributed by atoms with Crippen molar-refractivity contribution in [3.63, 3.8) is 0 Å². The van der Waals surface area contributed by atoms with Crippen molar-refractivity contribution < 1.29 is 19.1 Å². The average Bonchev–Trinajstić information content (AvgIpc) is 2.94. The van der Waals surface area contributed by atoms with E-state index in [-0.39, 0.29) is 13.0 Å². The Kier molecular flexibility index (Phi) is 6.50. The van der Waals surface area contributed by atoms with Gasteiger partial charge in [0.25, 0.3) is 0 Å². The van der Waals surface area contributed by atoms with Gasteiger partial charge in [-0.3, -0.25) is 4.79 Å². The molecular weight excluding hydrogens is 413 g/mol. The molecule has 0 saturated carbocycles. The molecule has 1 heterocycles. The van der Waals surface area contributed by atoms with E-state index in [9.17, 15) is 9.59 Å². The smallest absolute Gasteiger partial charge is 0.340 e. The lowest BCUT2D eigenvalue weighted by molar-refractivity contribution is -0.133. The summed E-state index contributed by atoms with van der Waals surface area (Å²) < 4.78 is 12.7. The van der Waals surface area contributed by atoms with Crippen molar-refractivity contribution in [3.05, 3.63) is 63.3 Å². The first-order valence-corrected chi connectivity index (χ1v) is 10.1. The molecule has 0 amide bonds. The van der Waals surface area contributed by atoms with Crippen LogP contribution in [0.15, 0.2) is 36.4 Å². The van der Waals surface area contributed by atoms with Gasteiger partial charge in [-0.2, -0.15) is 0 Å². The molecule has 0 radical (unpaired) electrons. The SMILES string of the molecule is CCOC(=O)c1c(C)n(CC)c2ccc(OC(=O)Cc3ccc(Cl)cc3Cl)cc12. The van der Waals surface area contributed by atoms with Crippen molar-refractivity contribution in [2.45, 2.75) is 33.7 Å². The first-order valence-electron chi connectivity index (χ1n) is 9.30. The maximum Gasteiger partial charge on any atom is 0.340 e. The van der Waals surface area contributed by atoms with Gasteiger partial charge in [0.05, 0.1) is 18.6 Å². The van der Waals surface area contributed by atoms with Crippen LogP contribution in [-0.4, -0.2) is 23.1 Å². The van der Waals surface area contributed by atoms with Crippen molar-refractivity contribution in [1.29, 1.82) is 0 Å². The van der Waals surface area contributed by atoms with Gasteiger partial charge in [0.2, 0.25) is 0 Å². The lowest BCUT2D eigenvalue weighted by atomic mass is 10.1. The number of ether oxygens (including phenoxy) is 2. The minimum atomic E-state index is -0.460. The molecule has 0 unspecified atom stereocenters. The number of aryl methyl sites for hydroxylation is 1. The van der Waals surface area contributed by atoms with Crippen molar-refractivity contribution in [1.82, 2.24) is 4.57 Å². The summed E-state index contributed by atoms with van der Waals surface area (Å²) in [4.78, 5) is 24.9. The fraction of sp³-hybridized carbons (Fsp3) is 0.273. The molecule has 2 aromatic carbocycles. The number of hydrogen-bond acceptors (Lipinski definition) is 4. The summed E-state index contributed by atoms with van der Waals surface area (Å²) in [6.45, 7) is 6.64. The summed E-state index contributed by atoms with van der Waals surface area (Å²) in [6, 6.07) is 10.2. The highest BCUT2D eigenvalue weighted by molar-refractivity contribution is 6.35. The maximum absolute atomic E-state index is 12.5. The number of hydrogen-bond donors (Lipinski definition) is 0. The molecule has 0 aliphatic carbocycles. The van der Waals surface area contributed by atoms with Gasteiger partial charge in [0.15, 0.2) is 0 Å². The van der Waals surface area contributed by atoms with E-state index < -0.39 is 11.9 Å². The Balaban J connectivity index is 1.91. The number of halogens is 2. The Hall–Kier alpha value is -2.50. The van der Waals surface area contributed by atoms with Crippen molar-refractivity contribution in [2.75, 3.05) is 6.61 Å². The Morgan fingerprint density at radius 1 is 1.07 bits per heavy atom. The van der Waals surface area contributed by atoms with Crippen LogP contribution < -0.4 is 4.74 Å². The summed E-state index contributed by atoms with van der Waals surface area (Å²) in [5.41, 5.74) is 2.82. The molecule has 7 heteroatoms. The highest BCUT2D eigenvalue weighted by atomic mass is 35.5. The van der Waals surface area contributed by atoms with Gasteiger partial charge in [-0.05, 0) is 56.7 Å². The Morgan fingerprint density at radius 2 is 1.83 bits per heavy atom. The summed E-state index contributed by atoms with van der Waals surface area (Å²) in [5.74, 6) is -0.497. The second-order valence-corrected chi connectivity index (χ2v) is 7.33. The van der Waals surface area contributed by atoms with Gasteiger partial charge in [0.1, 0.15) is 5.75 Å². The Bertz CT molecular complexity index is 1090. The number of nitrogens with zero attached hydrogens (tertiary/aromatic N) is 1. The minimum Gasteiger partial charge on any atom is -0.462 e. The zero-order valence-corrected chi connectivity index (χ0v) is 17.9. The van der Waals surface area contributed by atoms with E-state index in [2.05, 4.69) is 0 Å². The first-order chi connectivity index (χ1) is 13.8. The zero-order chi connectivity index (χ0) is 21.1. The number of esters is 2. The number of benzene rings is 2. The van der Waals surface area contributed by atoms with Crippen LogP contribution in [-0.2, 0) is 22.5 Å². The van der Waals surface area contributed by atoms with Gasteiger partial charge in [-0.1, -0.05) is 29.3 Å². The van der Waals surface area contributed by atoms with E-state index in [1.165, 1.54) is 0 Å². The van der Waals surface area contributed by atoms with Crippen LogP contribution in [0.3, 0.4) is 0 Å². The molecular formula is C22H21Cl2NO4. The molecule has 152 valence electrons. The third kappa shape index (κ3) is 4.41. The molecule has 0 aliphatic rings. The largest absolute Gasteiger partial charge is 0.462 e. The standard InChI is InChI=1S/C22H21Cl2NO4/c1-4-25-13(3)21(22(27)28-5-2)17-12-16(8-9-19(17)25)29-20(26)10-14-6-7-15(23)11-18(14)24/h6-9,11-12H,4-5,10H2,1-3H3. The summed E-state index contributed by atoms with van der Waals surface area (Å²) in [5, 5.41) is 1.60. The lowest BCUT2D eigenvalue weighted by Gasteiger charge is -2.07. The van der Waals surface area contributed by atoms with Crippen molar-refractivity contribution in [3.8, 4) is 5.75 Å². The van der Waals surface area contributed by atoms with Gasteiger partial charge in [0, 0.05) is 33.2 Å². The van der Waals surface area contributed by atoms with Crippen LogP contribution in [0.25, 0.3) is 10.9 Å². The second-order valence-electron chi connectivity index (χ2n) is 6.49. The third-order valence-corrected chi connectivity index (χ3v) is 5.26. The molecule has 0 N–H and O–H groups in total. The van der Waals surface area contributed by atoms with Crippen LogP contribution in [0.5, 0.6) is 5.75 Å². The number of fused-ring (bicyclic) bond motifs is 1. The average molecular weight is 434 g/mol. The van der Waals surface area contributed by atoms with E-state index in [0.717, 1.165) is 11.2 Å². The fourth-order valence-electron chi connectivity index (χ4n) is 3.38. The van der Waals surface area contributed by atoms with Gasteiger partial charge in [-0.15, -0.1) is 0 Å². The topological polar surface area (TPSA) is 57.5 Å². The summed E-state index contributed by atoms with van der Waals surface area (Å²) >= 11 is 12.0. The molecule has 5 nitrogen and oxygen atoms in total. The first kappa shape index (κ1) is 21.2. The van der Waals surface area contributed by atoms with E-state index >= 15 is 0 Å². The predicted molar refractivity (Wildman–Crippen MR) is 114 cm³/mol. The Morgan fingerprint density at radius 3 is 2.48 bits per heavy atom. The van der Waals surface area contributed by atoms with Gasteiger partial charge in [-0.25, -0.2) is 4.79 Å². The zero-order valence-electron chi connectivity index (χ0n) is 16.4. The number of aromatic nitrogens is 1. The lowest BCUT2D eigenvalue weighted by Crippen LogP contribution is -2.11. The molecule has 0 spiro atoms. The minimum absolute atomic E-state index is 0.00771. The van der Waals surface area contributed by atoms with E-state index in [1.807, 2.05) is 24.5 Å². The molecule has 0 fully saturated rings. The highest BCUT2D eigenvalue weighted by Gasteiger charge is 2.21. The molecule has 0 aliphatic heterocycles. The molecule has 3 aromatic rings. The van der Waals surface area contributed by atoms with Crippen LogP contribution in [0, 0.1) is 6.92 Å². The number of rotatable bonds is 6. The molecule has 3 rings (SSSR count). The van der Waals surface area contributed by atoms with Crippen LogP contribution >= 0.6 is 23.2 Å². The van der Waals surface area contributed by atoms with E-state index in [1.54, 1.807) is 37.3 Å². The summed E-state index contributed by atoms with van der Waals surface area (Å²) in [6.07, 6.45) is 0.00771. The number of carbonyl (C=O) groups is 2. The molecule has 1 aromatic heterocycles. The van der Waals surface area contributed by atoms with Crippen LogP contribution in [0.1, 0.15) is 35.5 Å². The second kappa shape index (κ2) is 8.89. The third-order valence-electron chi connectivity index (χ3n) is 4.67. The van der Waals surface area contributed by atoms with E-state index in [4.69, 9.17) is 32.7 Å². The van der Waals surface area contributed by atoms with Crippen molar-refractivity contribution >= 4 is 46.0 Å². The summed E-state index contributed by atoms with van der Waals surface area (Å²) in [7, 11) is 0. The number of carbonyl (C=O) groups excluding carboxylic acids is 2. The van der Waals surface area contributed by atoms with Crippen LogP contribution in [0.2, 0.25) is 10.0 Å². The monoisotopic (exact) mass is 433 g/mol. The highest BCUT2D eigenvalue weighted by Crippen LogP contribution is 2.30.